The van der Waals surface area contributed by atoms with Crippen LogP contribution in [0.2, 0.25) is 0 Å². The zero-order valence-corrected chi connectivity index (χ0v) is 8.83. The summed E-state index contributed by atoms with van der Waals surface area (Å²) in [7, 11) is 0. The second-order valence-electron chi connectivity index (χ2n) is 3.88. The third-order valence-electron chi connectivity index (χ3n) is 2.21. The number of hydrogen-bond acceptors (Lipinski definition) is 3. The molecule has 1 aromatic heterocycles. The number of hydrogen-bond donors (Lipinski definition) is 1. The van der Waals surface area contributed by atoms with Gasteiger partial charge in [-0.2, -0.15) is 5.26 Å². The van der Waals surface area contributed by atoms with E-state index in [-0.39, 0.29) is 5.54 Å². The van der Waals surface area contributed by atoms with Crippen molar-refractivity contribution in [2.75, 3.05) is 5.32 Å². The van der Waals surface area contributed by atoms with Gasteiger partial charge in [-0.05, 0) is 32.4 Å². The largest absolute Gasteiger partial charge is 0.365 e. The molecule has 0 fully saturated rings. The van der Waals surface area contributed by atoms with Crippen LogP contribution in [0, 0.1) is 11.3 Å². The van der Waals surface area contributed by atoms with Crippen LogP contribution < -0.4 is 5.32 Å². The molecule has 1 heterocycles. The molecular weight excluding hydrogens is 174 g/mol. The molecule has 0 aliphatic carbocycles. The highest BCUT2D eigenvalue weighted by molar-refractivity contribution is 5.40. The molecule has 0 bridgehead atoms. The summed E-state index contributed by atoms with van der Waals surface area (Å²) < 4.78 is 0. The third kappa shape index (κ3) is 2.74. The van der Waals surface area contributed by atoms with Gasteiger partial charge >= 0.3 is 0 Å². The molecule has 0 saturated carbocycles. The topological polar surface area (TPSA) is 48.7 Å². The lowest BCUT2D eigenvalue weighted by atomic mass is 10.0. The van der Waals surface area contributed by atoms with E-state index in [1.54, 1.807) is 6.07 Å². The first kappa shape index (κ1) is 10.5. The number of anilines is 1. The van der Waals surface area contributed by atoms with Crippen molar-refractivity contribution in [1.82, 2.24) is 4.98 Å². The molecule has 1 rings (SSSR count). The first-order chi connectivity index (χ1) is 6.57. The fourth-order valence-electron chi connectivity index (χ4n) is 1.00. The Labute approximate surface area is 84.8 Å². The van der Waals surface area contributed by atoms with Gasteiger partial charge in [-0.1, -0.05) is 13.0 Å². The number of nitriles is 1. The van der Waals surface area contributed by atoms with Crippen LogP contribution >= 0.6 is 0 Å². The SMILES string of the molecule is CCC(C)(C)Nc1cccc(C#N)n1. The van der Waals surface area contributed by atoms with Gasteiger partial charge in [-0.3, -0.25) is 0 Å². The second-order valence-corrected chi connectivity index (χ2v) is 3.88. The maximum Gasteiger partial charge on any atom is 0.142 e. The van der Waals surface area contributed by atoms with E-state index >= 15 is 0 Å². The Morgan fingerprint density at radius 3 is 2.79 bits per heavy atom. The van der Waals surface area contributed by atoms with E-state index in [1.807, 2.05) is 18.2 Å². The number of nitrogens with zero attached hydrogens (tertiary/aromatic N) is 2. The Morgan fingerprint density at radius 2 is 2.21 bits per heavy atom. The average molecular weight is 189 g/mol. The van der Waals surface area contributed by atoms with Crippen molar-refractivity contribution in [1.29, 1.82) is 5.26 Å². The highest BCUT2D eigenvalue weighted by atomic mass is 15.0. The Balaban J connectivity index is 2.83. The van der Waals surface area contributed by atoms with E-state index in [1.165, 1.54) is 0 Å². The number of nitrogens with one attached hydrogen (secondary N) is 1. The quantitative estimate of drug-likeness (QED) is 0.794. The summed E-state index contributed by atoms with van der Waals surface area (Å²) in [5.41, 5.74) is 0.461. The van der Waals surface area contributed by atoms with Crippen molar-refractivity contribution >= 4 is 5.82 Å². The van der Waals surface area contributed by atoms with Crippen LogP contribution in [-0.2, 0) is 0 Å². The third-order valence-corrected chi connectivity index (χ3v) is 2.21. The molecule has 0 amide bonds. The maximum atomic E-state index is 8.68. The molecule has 3 heteroatoms. The number of rotatable bonds is 3. The lowest BCUT2D eigenvalue weighted by Crippen LogP contribution is -2.30. The Kier molecular flexibility index (Phi) is 3.08. The standard InChI is InChI=1S/C11H15N3/c1-4-11(2,3)14-10-7-5-6-9(8-12)13-10/h5-7H,4H2,1-3H3,(H,13,14). The van der Waals surface area contributed by atoms with Gasteiger partial charge in [0.25, 0.3) is 0 Å². The summed E-state index contributed by atoms with van der Waals surface area (Å²) >= 11 is 0. The first-order valence-corrected chi connectivity index (χ1v) is 4.73. The van der Waals surface area contributed by atoms with Gasteiger partial charge in [0.1, 0.15) is 17.6 Å². The van der Waals surface area contributed by atoms with E-state index < -0.39 is 0 Å². The van der Waals surface area contributed by atoms with Crippen LogP contribution in [0.25, 0.3) is 0 Å². The summed E-state index contributed by atoms with van der Waals surface area (Å²) in [6.07, 6.45) is 1.01. The van der Waals surface area contributed by atoms with E-state index in [2.05, 4.69) is 31.1 Å². The van der Waals surface area contributed by atoms with Crippen molar-refractivity contribution in [3.8, 4) is 6.07 Å². The summed E-state index contributed by atoms with van der Waals surface area (Å²) in [6, 6.07) is 7.42. The van der Waals surface area contributed by atoms with E-state index in [0.29, 0.717) is 5.69 Å². The van der Waals surface area contributed by atoms with Gasteiger partial charge in [-0.25, -0.2) is 4.98 Å². The molecular formula is C11H15N3. The summed E-state index contributed by atoms with van der Waals surface area (Å²) in [6.45, 7) is 6.32. The van der Waals surface area contributed by atoms with Crippen molar-refractivity contribution in [2.24, 2.45) is 0 Å². The van der Waals surface area contributed by atoms with Gasteiger partial charge in [0, 0.05) is 5.54 Å². The zero-order valence-electron chi connectivity index (χ0n) is 8.83. The molecule has 1 N–H and O–H groups in total. The molecule has 0 aliphatic heterocycles. The zero-order chi connectivity index (χ0) is 10.6. The normalized spacial score (nSPS) is 10.7. The van der Waals surface area contributed by atoms with Crippen LogP contribution in [0.5, 0.6) is 0 Å². The molecule has 74 valence electrons. The van der Waals surface area contributed by atoms with Gasteiger partial charge in [0.2, 0.25) is 0 Å². The van der Waals surface area contributed by atoms with Gasteiger partial charge < -0.3 is 5.32 Å². The summed E-state index contributed by atoms with van der Waals surface area (Å²) in [5, 5.41) is 12.0. The number of pyridine rings is 1. The van der Waals surface area contributed by atoms with Gasteiger partial charge in [0.15, 0.2) is 0 Å². The fraction of sp³-hybridized carbons (Fsp3) is 0.455. The average Bonchev–Trinajstić information content (AvgIpc) is 2.17. The van der Waals surface area contributed by atoms with Gasteiger partial charge in [0.05, 0.1) is 0 Å². The highest BCUT2D eigenvalue weighted by Crippen LogP contribution is 2.15. The van der Waals surface area contributed by atoms with Crippen LogP contribution in [0.15, 0.2) is 18.2 Å². The van der Waals surface area contributed by atoms with Crippen LogP contribution in [0.1, 0.15) is 32.9 Å². The van der Waals surface area contributed by atoms with E-state index in [9.17, 15) is 0 Å². The smallest absolute Gasteiger partial charge is 0.142 e. The summed E-state index contributed by atoms with van der Waals surface area (Å²) in [5.74, 6) is 0.760. The minimum Gasteiger partial charge on any atom is -0.365 e. The van der Waals surface area contributed by atoms with Crippen LogP contribution in [0.3, 0.4) is 0 Å². The lowest BCUT2D eigenvalue weighted by molar-refractivity contribution is 0.545. The Morgan fingerprint density at radius 1 is 1.50 bits per heavy atom. The molecule has 3 nitrogen and oxygen atoms in total. The van der Waals surface area contributed by atoms with Crippen molar-refractivity contribution in [3.05, 3.63) is 23.9 Å². The Hall–Kier alpha value is -1.56. The van der Waals surface area contributed by atoms with Crippen molar-refractivity contribution < 1.29 is 0 Å². The molecule has 0 spiro atoms. The lowest BCUT2D eigenvalue weighted by Gasteiger charge is -2.25. The number of aromatic nitrogens is 1. The molecule has 0 aliphatic rings. The van der Waals surface area contributed by atoms with Gasteiger partial charge in [-0.15, -0.1) is 0 Å². The minimum absolute atomic E-state index is 0.0150. The molecule has 0 saturated heterocycles. The summed E-state index contributed by atoms with van der Waals surface area (Å²) in [4.78, 5) is 4.15. The van der Waals surface area contributed by atoms with Crippen LogP contribution in [0.4, 0.5) is 5.82 Å². The van der Waals surface area contributed by atoms with Crippen molar-refractivity contribution in [2.45, 2.75) is 32.7 Å². The molecule has 1 aromatic rings. The van der Waals surface area contributed by atoms with E-state index in [0.717, 1.165) is 12.2 Å². The second kappa shape index (κ2) is 4.10. The predicted molar refractivity (Wildman–Crippen MR) is 56.9 cm³/mol. The molecule has 0 aromatic carbocycles. The molecule has 0 unspecified atom stereocenters. The molecule has 0 radical (unpaired) electrons. The molecule has 0 atom stereocenters. The predicted octanol–water partition coefficient (Wildman–Crippen LogP) is 2.55. The Bertz CT molecular complexity index is 350. The van der Waals surface area contributed by atoms with Crippen LogP contribution in [-0.4, -0.2) is 10.5 Å². The molecule has 14 heavy (non-hydrogen) atoms. The van der Waals surface area contributed by atoms with Crippen molar-refractivity contribution in [3.63, 3.8) is 0 Å². The van der Waals surface area contributed by atoms with E-state index in [4.69, 9.17) is 5.26 Å². The minimum atomic E-state index is 0.0150. The monoisotopic (exact) mass is 189 g/mol. The fourth-order valence-corrected chi connectivity index (χ4v) is 1.00. The highest BCUT2D eigenvalue weighted by Gasteiger charge is 2.14. The first-order valence-electron chi connectivity index (χ1n) is 4.73. The maximum absolute atomic E-state index is 8.68.